The van der Waals surface area contributed by atoms with Crippen LogP contribution in [0.4, 0.5) is 13.6 Å². The Kier molecular flexibility index (Phi) is 7.69. The summed E-state index contributed by atoms with van der Waals surface area (Å²) in [5.74, 6) is -0.735. The lowest BCUT2D eigenvalue weighted by atomic mass is 9.86. The molecule has 0 aromatic heterocycles. The van der Waals surface area contributed by atoms with Gasteiger partial charge in [0.15, 0.2) is 9.84 Å². The Labute approximate surface area is 169 Å². The summed E-state index contributed by atoms with van der Waals surface area (Å²) >= 11 is 0. The molecule has 0 radical (unpaired) electrons. The van der Waals surface area contributed by atoms with E-state index in [-0.39, 0.29) is 25.0 Å². The third-order valence-electron chi connectivity index (χ3n) is 4.58. The molecule has 1 unspecified atom stereocenters. The first-order chi connectivity index (χ1) is 13.7. The van der Waals surface area contributed by atoms with Gasteiger partial charge in [-0.05, 0) is 24.5 Å². The Hall–Kier alpha value is -2.52. The van der Waals surface area contributed by atoms with Crippen molar-refractivity contribution in [3.05, 3.63) is 71.5 Å². The topological polar surface area (TPSA) is 98.5 Å². The molecule has 3 N–H and O–H groups in total. The minimum atomic E-state index is -3.58. The molecule has 158 valence electrons. The number of amides is 1. The van der Waals surface area contributed by atoms with Crippen molar-refractivity contribution in [2.24, 2.45) is 5.73 Å². The highest BCUT2D eigenvalue weighted by atomic mass is 32.2. The molecule has 2 aromatic carbocycles. The number of hydrogen-bond donors (Lipinski definition) is 2. The predicted molar refractivity (Wildman–Crippen MR) is 106 cm³/mol. The van der Waals surface area contributed by atoms with Crippen LogP contribution in [0.1, 0.15) is 24.0 Å². The average Bonchev–Trinajstić information content (AvgIpc) is 2.70. The fourth-order valence-electron chi connectivity index (χ4n) is 2.84. The molecule has 2 rings (SSSR count). The van der Waals surface area contributed by atoms with E-state index in [1.807, 2.05) is 0 Å². The summed E-state index contributed by atoms with van der Waals surface area (Å²) in [5.41, 5.74) is 4.44. The van der Waals surface area contributed by atoms with Crippen LogP contribution in [0.25, 0.3) is 0 Å². The fraction of sp³-hybridized carbons (Fsp3) is 0.350. The number of halogens is 2. The van der Waals surface area contributed by atoms with Crippen molar-refractivity contribution in [3.63, 3.8) is 0 Å². The smallest absolute Gasteiger partial charge is 0.408 e. The molecule has 2 atom stereocenters. The summed E-state index contributed by atoms with van der Waals surface area (Å²) in [5, 5.41) is 1.11. The summed E-state index contributed by atoms with van der Waals surface area (Å²) in [6, 6.07) is 14.2. The van der Waals surface area contributed by atoms with E-state index in [0.29, 0.717) is 0 Å². The van der Waals surface area contributed by atoms with E-state index in [1.165, 1.54) is 18.2 Å². The summed E-state index contributed by atoms with van der Waals surface area (Å²) in [7, 11) is -3.58. The molecule has 1 amide bonds. The molecule has 0 saturated carbocycles. The normalized spacial score (nSPS) is 14.6. The van der Waals surface area contributed by atoms with Crippen molar-refractivity contribution in [1.82, 2.24) is 5.32 Å². The van der Waals surface area contributed by atoms with Gasteiger partial charge in [0.25, 0.3) is 0 Å². The van der Waals surface area contributed by atoms with E-state index in [1.54, 1.807) is 30.3 Å². The van der Waals surface area contributed by atoms with Gasteiger partial charge < -0.3 is 15.8 Å². The number of benzene rings is 2. The lowest BCUT2D eigenvalue weighted by Crippen LogP contribution is -2.49. The molecule has 9 heteroatoms. The third-order valence-corrected chi connectivity index (χ3v) is 5.91. The summed E-state index contributed by atoms with van der Waals surface area (Å²) in [4.78, 5) is 12.3. The second-order valence-electron chi connectivity index (χ2n) is 6.79. The van der Waals surface area contributed by atoms with E-state index < -0.39 is 39.3 Å². The van der Waals surface area contributed by atoms with Gasteiger partial charge in [-0.25, -0.2) is 22.0 Å². The highest BCUT2D eigenvalue weighted by molar-refractivity contribution is 7.91. The van der Waals surface area contributed by atoms with Gasteiger partial charge in [0.05, 0.1) is 5.54 Å². The molecule has 0 heterocycles. The number of nitrogens with one attached hydrogen (secondary N) is 1. The molecular weight excluding hydrogens is 402 g/mol. The SMILES string of the molecule is CS(=O)(=O)C(N)CC[C@](CF)(NC(=O)OCc1ccccc1)c1ccccc1F. The first-order valence-corrected chi connectivity index (χ1v) is 10.9. The van der Waals surface area contributed by atoms with E-state index in [2.05, 4.69) is 5.32 Å². The van der Waals surface area contributed by atoms with Crippen LogP contribution in [0.5, 0.6) is 0 Å². The third kappa shape index (κ3) is 6.23. The van der Waals surface area contributed by atoms with E-state index in [9.17, 15) is 22.0 Å². The number of rotatable bonds is 9. The highest BCUT2D eigenvalue weighted by Crippen LogP contribution is 2.31. The Morgan fingerprint density at radius 1 is 1.17 bits per heavy atom. The molecule has 2 aromatic rings. The lowest BCUT2D eigenvalue weighted by molar-refractivity contribution is 0.115. The molecule has 0 aliphatic heterocycles. The van der Waals surface area contributed by atoms with Crippen molar-refractivity contribution >= 4 is 15.9 Å². The predicted octanol–water partition coefficient (Wildman–Crippen LogP) is 3.03. The maximum absolute atomic E-state index is 14.4. The van der Waals surface area contributed by atoms with Gasteiger partial charge in [0, 0.05) is 11.8 Å². The zero-order valence-corrected chi connectivity index (χ0v) is 16.8. The molecular formula is C20H24F2N2O4S. The maximum Gasteiger partial charge on any atom is 0.408 e. The molecule has 6 nitrogen and oxygen atoms in total. The van der Waals surface area contributed by atoms with Crippen LogP contribution in [0.2, 0.25) is 0 Å². The standard InChI is InChI=1S/C20H24F2N2O4S/c1-29(26,27)18(23)11-12-20(14-21,16-9-5-6-10-17(16)22)24-19(25)28-13-15-7-3-2-4-8-15/h2-10,18H,11-14,23H2,1H3,(H,24,25)/t18?,20-/m1/s1. The summed E-state index contributed by atoms with van der Waals surface area (Å²) in [6.07, 6.45) is -0.420. The Morgan fingerprint density at radius 2 is 1.79 bits per heavy atom. The molecule has 0 aliphatic carbocycles. The van der Waals surface area contributed by atoms with Crippen LogP contribution in [0, 0.1) is 5.82 Å². The second kappa shape index (κ2) is 9.80. The number of nitrogens with two attached hydrogens (primary N) is 1. The maximum atomic E-state index is 14.4. The Balaban J connectivity index is 2.23. The van der Waals surface area contributed by atoms with Gasteiger partial charge in [-0.15, -0.1) is 0 Å². The van der Waals surface area contributed by atoms with Gasteiger partial charge in [-0.1, -0.05) is 48.5 Å². The monoisotopic (exact) mass is 426 g/mol. The number of hydrogen-bond acceptors (Lipinski definition) is 5. The van der Waals surface area contributed by atoms with Crippen LogP contribution < -0.4 is 11.1 Å². The zero-order valence-electron chi connectivity index (χ0n) is 16.0. The Bertz CT molecular complexity index is 925. The summed E-state index contributed by atoms with van der Waals surface area (Å²) < 4.78 is 57.0. The molecule has 29 heavy (non-hydrogen) atoms. The largest absolute Gasteiger partial charge is 0.445 e. The quantitative estimate of drug-likeness (QED) is 0.642. The van der Waals surface area contributed by atoms with E-state index in [0.717, 1.165) is 17.9 Å². The molecule has 0 aliphatic rings. The van der Waals surface area contributed by atoms with E-state index >= 15 is 0 Å². The van der Waals surface area contributed by atoms with Crippen LogP contribution in [0.15, 0.2) is 54.6 Å². The van der Waals surface area contributed by atoms with Crippen molar-refractivity contribution in [2.45, 2.75) is 30.4 Å². The van der Waals surface area contributed by atoms with Crippen molar-refractivity contribution in [1.29, 1.82) is 0 Å². The molecule has 0 spiro atoms. The van der Waals surface area contributed by atoms with Gasteiger partial charge in [-0.3, -0.25) is 0 Å². The molecule has 0 saturated heterocycles. The van der Waals surface area contributed by atoms with Crippen LogP contribution in [0.3, 0.4) is 0 Å². The summed E-state index contributed by atoms with van der Waals surface area (Å²) in [6.45, 7) is -1.24. The van der Waals surface area contributed by atoms with Gasteiger partial charge in [0.2, 0.25) is 0 Å². The zero-order chi connectivity index (χ0) is 21.5. The van der Waals surface area contributed by atoms with Gasteiger partial charge >= 0.3 is 6.09 Å². The number of carbonyl (C=O) groups is 1. The van der Waals surface area contributed by atoms with Gasteiger partial charge in [-0.2, -0.15) is 0 Å². The minimum Gasteiger partial charge on any atom is -0.445 e. The lowest BCUT2D eigenvalue weighted by Gasteiger charge is -2.33. The minimum absolute atomic E-state index is 0.0604. The van der Waals surface area contributed by atoms with Crippen LogP contribution in [-0.4, -0.2) is 32.8 Å². The molecule has 0 fully saturated rings. The van der Waals surface area contributed by atoms with Crippen LogP contribution in [-0.2, 0) is 26.7 Å². The van der Waals surface area contributed by atoms with Crippen molar-refractivity contribution in [2.75, 3.05) is 12.9 Å². The number of sulfone groups is 1. The number of alkyl carbamates (subject to hydrolysis) is 1. The van der Waals surface area contributed by atoms with Gasteiger partial charge in [0.1, 0.15) is 24.5 Å². The first-order valence-electron chi connectivity index (χ1n) is 8.92. The average molecular weight is 426 g/mol. The fourth-order valence-corrected chi connectivity index (χ4v) is 3.39. The second-order valence-corrected chi connectivity index (χ2v) is 9.05. The van der Waals surface area contributed by atoms with Crippen molar-refractivity contribution in [3.8, 4) is 0 Å². The highest BCUT2D eigenvalue weighted by Gasteiger charge is 2.38. The first kappa shape index (κ1) is 22.8. The van der Waals surface area contributed by atoms with E-state index in [4.69, 9.17) is 10.5 Å². The number of ether oxygens (including phenoxy) is 1. The Morgan fingerprint density at radius 3 is 2.38 bits per heavy atom. The molecule has 0 bridgehead atoms. The van der Waals surface area contributed by atoms with Crippen molar-refractivity contribution < 1.29 is 26.7 Å². The number of carbonyl (C=O) groups excluding carboxylic acids is 1. The number of alkyl halides is 1. The van der Waals surface area contributed by atoms with Crippen LogP contribution >= 0.6 is 0 Å².